The SMILES string of the molecule is CCOCC(C)Nc1nc(C)cn1CC(C)C. The lowest BCUT2D eigenvalue weighted by Gasteiger charge is -2.16. The smallest absolute Gasteiger partial charge is 0.203 e. The molecular weight excluding hydrogens is 214 g/mol. The van der Waals surface area contributed by atoms with Crippen LogP contribution in [0.3, 0.4) is 0 Å². The summed E-state index contributed by atoms with van der Waals surface area (Å²) in [7, 11) is 0. The molecule has 0 saturated heterocycles. The standard InChI is InChI=1S/C13H25N3O/c1-6-17-9-12(5)15-13-14-11(4)8-16(13)7-10(2)3/h8,10,12H,6-7,9H2,1-5H3,(H,14,15). The van der Waals surface area contributed by atoms with Gasteiger partial charge in [-0.15, -0.1) is 0 Å². The van der Waals surface area contributed by atoms with Crippen LogP contribution in [0, 0.1) is 12.8 Å². The predicted octanol–water partition coefficient (Wildman–Crippen LogP) is 2.68. The van der Waals surface area contributed by atoms with Gasteiger partial charge in [0.25, 0.3) is 0 Å². The minimum absolute atomic E-state index is 0.280. The second-order valence-corrected chi connectivity index (χ2v) is 4.96. The summed E-state index contributed by atoms with van der Waals surface area (Å²) < 4.78 is 7.58. The Hall–Kier alpha value is -1.03. The molecule has 0 radical (unpaired) electrons. The van der Waals surface area contributed by atoms with E-state index in [1.165, 1.54) is 0 Å². The molecule has 98 valence electrons. The molecular formula is C13H25N3O. The number of nitrogens with zero attached hydrogens (tertiary/aromatic N) is 2. The number of rotatable bonds is 7. The minimum Gasteiger partial charge on any atom is -0.380 e. The minimum atomic E-state index is 0.280. The van der Waals surface area contributed by atoms with E-state index in [1.54, 1.807) is 0 Å². The Morgan fingerprint density at radius 2 is 2.12 bits per heavy atom. The van der Waals surface area contributed by atoms with Crippen LogP contribution in [0.15, 0.2) is 6.20 Å². The van der Waals surface area contributed by atoms with Gasteiger partial charge in [0.2, 0.25) is 5.95 Å². The number of ether oxygens (including phenoxy) is 1. The fourth-order valence-electron chi connectivity index (χ4n) is 1.75. The summed E-state index contributed by atoms with van der Waals surface area (Å²) >= 11 is 0. The molecule has 1 rings (SSSR count). The van der Waals surface area contributed by atoms with Crippen LogP contribution in [0.25, 0.3) is 0 Å². The lowest BCUT2D eigenvalue weighted by Crippen LogP contribution is -2.24. The highest BCUT2D eigenvalue weighted by molar-refractivity contribution is 5.30. The second-order valence-electron chi connectivity index (χ2n) is 4.96. The van der Waals surface area contributed by atoms with E-state index in [9.17, 15) is 0 Å². The van der Waals surface area contributed by atoms with Gasteiger partial charge in [-0.2, -0.15) is 0 Å². The van der Waals surface area contributed by atoms with Crippen molar-refractivity contribution in [3.05, 3.63) is 11.9 Å². The summed E-state index contributed by atoms with van der Waals surface area (Å²) in [6, 6.07) is 0.280. The Labute approximate surface area is 104 Å². The van der Waals surface area contributed by atoms with Crippen molar-refractivity contribution in [1.29, 1.82) is 0 Å². The zero-order valence-electron chi connectivity index (χ0n) is 11.7. The lowest BCUT2D eigenvalue weighted by molar-refractivity contribution is 0.141. The molecule has 0 fully saturated rings. The van der Waals surface area contributed by atoms with Crippen molar-refractivity contribution in [1.82, 2.24) is 9.55 Å². The van der Waals surface area contributed by atoms with Gasteiger partial charge >= 0.3 is 0 Å². The molecule has 0 bridgehead atoms. The van der Waals surface area contributed by atoms with Gasteiger partial charge in [-0.25, -0.2) is 4.98 Å². The van der Waals surface area contributed by atoms with Gasteiger partial charge in [0.1, 0.15) is 0 Å². The molecule has 1 aromatic heterocycles. The summed E-state index contributed by atoms with van der Waals surface area (Å²) in [5.74, 6) is 1.56. The van der Waals surface area contributed by atoms with Crippen molar-refractivity contribution in [3.63, 3.8) is 0 Å². The first-order chi connectivity index (χ1) is 8.02. The first-order valence-electron chi connectivity index (χ1n) is 6.41. The monoisotopic (exact) mass is 239 g/mol. The number of aryl methyl sites for hydroxylation is 1. The Morgan fingerprint density at radius 1 is 1.41 bits per heavy atom. The van der Waals surface area contributed by atoms with Crippen LogP contribution in [-0.2, 0) is 11.3 Å². The van der Waals surface area contributed by atoms with Crippen molar-refractivity contribution in [3.8, 4) is 0 Å². The first kappa shape index (κ1) is 14.0. The van der Waals surface area contributed by atoms with Gasteiger partial charge in [-0.1, -0.05) is 13.8 Å². The maximum Gasteiger partial charge on any atom is 0.203 e. The van der Waals surface area contributed by atoms with E-state index in [1.807, 2.05) is 13.8 Å². The summed E-state index contributed by atoms with van der Waals surface area (Å²) in [6.07, 6.45) is 2.09. The van der Waals surface area contributed by atoms with Gasteiger partial charge < -0.3 is 14.6 Å². The summed E-state index contributed by atoms with van der Waals surface area (Å²) in [5, 5.41) is 3.40. The van der Waals surface area contributed by atoms with E-state index in [2.05, 4.69) is 41.8 Å². The molecule has 1 aromatic rings. The number of hydrogen-bond donors (Lipinski definition) is 1. The molecule has 0 aliphatic carbocycles. The molecule has 1 unspecified atom stereocenters. The quantitative estimate of drug-likeness (QED) is 0.795. The largest absolute Gasteiger partial charge is 0.380 e. The van der Waals surface area contributed by atoms with Crippen LogP contribution in [0.2, 0.25) is 0 Å². The molecule has 17 heavy (non-hydrogen) atoms. The van der Waals surface area contributed by atoms with Crippen LogP contribution >= 0.6 is 0 Å². The van der Waals surface area contributed by atoms with Gasteiger partial charge in [-0.3, -0.25) is 0 Å². The number of nitrogens with one attached hydrogen (secondary N) is 1. The van der Waals surface area contributed by atoms with E-state index < -0.39 is 0 Å². The van der Waals surface area contributed by atoms with Crippen LogP contribution in [-0.4, -0.2) is 28.8 Å². The zero-order valence-corrected chi connectivity index (χ0v) is 11.7. The van der Waals surface area contributed by atoms with E-state index in [-0.39, 0.29) is 6.04 Å². The third-order valence-electron chi connectivity index (χ3n) is 2.41. The summed E-state index contributed by atoms with van der Waals surface area (Å²) in [5.41, 5.74) is 1.05. The highest BCUT2D eigenvalue weighted by Crippen LogP contribution is 2.12. The van der Waals surface area contributed by atoms with E-state index in [0.29, 0.717) is 12.5 Å². The lowest BCUT2D eigenvalue weighted by atomic mass is 10.2. The Morgan fingerprint density at radius 3 is 2.71 bits per heavy atom. The van der Waals surface area contributed by atoms with E-state index >= 15 is 0 Å². The number of aromatic nitrogens is 2. The van der Waals surface area contributed by atoms with Gasteiger partial charge in [0, 0.05) is 25.4 Å². The maximum absolute atomic E-state index is 5.40. The number of hydrogen-bond acceptors (Lipinski definition) is 3. The van der Waals surface area contributed by atoms with Crippen molar-refractivity contribution < 1.29 is 4.74 Å². The van der Waals surface area contributed by atoms with Gasteiger partial charge in [-0.05, 0) is 26.7 Å². The molecule has 0 aromatic carbocycles. The molecule has 4 nitrogen and oxygen atoms in total. The average Bonchev–Trinajstić information content (AvgIpc) is 2.55. The second kappa shape index (κ2) is 6.64. The van der Waals surface area contributed by atoms with Crippen LogP contribution in [0.5, 0.6) is 0 Å². The fraction of sp³-hybridized carbons (Fsp3) is 0.769. The topological polar surface area (TPSA) is 39.1 Å². The van der Waals surface area contributed by atoms with Crippen molar-refractivity contribution >= 4 is 5.95 Å². The maximum atomic E-state index is 5.40. The highest BCUT2D eigenvalue weighted by Gasteiger charge is 2.10. The Balaban J connectivity index is 2.62. The first-order valence-corrected chi connectivity index (χ1v) is 6.41. The molecule has 0 amide bonds. The number of anilines is 1. The van der Waals surface area contributed by atoms with Crippen LogP contribution in [0.1, 0.15) is 33.4 Å². The highest BCUT2D eigenvalue weighted by atomic mass is 16.5. The van der Waals surface area contributed by atoms with Crippen molar-refractivity contribution in [2.45, 2.75) is 47.2 Å². The molecule has 0 spiro atoms. The predicted molar refractivity (Wildman–Crippen MR) is 71.4 cm³/mol. The van der Waals surface area contributed by atoms with Gasteiger partial charge in [0.15, 0.2) is 0 Å². The zero-order chi connectivity index (χ0) is 12.8. The molecule has 0 saturated carbocycles. The molecule has 0 aliphatic rings. The van der Waals surface area contributed by atoms with Crippen LogP contribution in [0.4, 0.5) is 5.95 Å². The Kier molecular flexibility index (Phi) is 5.48. The van der Waals surface area contributed by atoms with Crippen molar-refractivity contribution in [2.24, 2.45) is 5.92 Å². The fourth-order valence-corrected chi connectivity index (χ4v) is 1.75. The normalized spacial score (nSPS) is 13.1. The van der Waals surface area contributed by atoms with Crippen molar-refractivity contribution in [2.75, 3.05) is 18.5 Å². The summed E-state index contributed by atoms with van der Waals surface area (Å²) in [4.78, 5) is 4.51. The molecule has 1 N–H and O–H groups in total. The van der Waals surface area contributed by atoms with Gasteiger partial charge in [0.05, 0.1) is 12.3 Å². The summed E-state index contributed by atoms with van der Waals surface area (Å²) in [6.45, 7) is 13.0. The number of imidazole rings is 1. The third-order valence-corrected chi connectivity index (χ3v) is 2.41. The van der Waals surface area contributed by atoms with E-state index in [4.69, 9.17) is 4.74 Å². The molecule has 4 heteroatoms. The van der Waals surface area contributed by atoms with Crippen LogP contribution < -0.4 is 5.32 Å². The molecule has 1 atom stereocenters. The third kappa shape index (κ3) is 4.77. The molecule has 1 heterocycles. The Bertz CT molecular complexity index is 333. The molecule has 0 aliphatic heterocycles. The average molecular weight is 239 g/mol. The van der Waals surface area contributed by atoms with E-state index in [0.717, 1.165) is 24.8 Å².